The summed E-state index contributed by atoms with van der Waals surface area (Å²) < 4.78 is 2.45. The summed E-state index contributed by atoms with van der Waals surface area (Å²) >= 11 is 1.94. The lowest BCUT2D eigenvalue weighted by Gasteiger charge is -2.40. The van der Waals surface area contributed by atoms with Crippen LogP contribution in [0, 0.1) is 0 Å². The fourth-order valence-electron chi connectivity index (χ4n) is 6.39. The van der Waals surface area contributed by atoms with Crippen LogP contribution in [0.4, 0.5) is 5.69 Å². The average Bonchev–Trinajstić information content (AvgIpc) is 3.67. The zero-order chi connectivity index (χ0) is 26.0. The first-order valence-corrected chi connectivity index (χ1v) is 16.4. The summed E-state index contributed by atoms with van der Waals surface area (Å²) in [5.74, 6) is 1.75. The molecule has 38 heavy (non-hydrogen) atoms. The van der Waals surface area contributed by atoms with Gasteiger partial charge in [0.2, 0.25) is 5.91 Å². The molecule has 0 radical (unpaired) electrons. The standard InChI is InChI=1S/C31H40N4OS2/c1-26-34(30(36)31(37-26)17-8-9-18-31)20-11-10-19-32-21-23-33(24-22-32)29-16-25-38(28-14-6-3-7-15-28)35(29)27-12-4-2-5-13-27/h2-7,12-16,25-26H,8-11,17-24H2,1H3. The Morgan fingerprint density at radius 2 is 1.55 bits per heavy atom. The molecule has 0 N–H and O–H groups in total. The summed E-state index contributed by atoms with van der Waals surface area (Å²) in [4.78, 5) is 21.8. The van der Waals surface area contributed by atoms with Crippen molar-refractivity contribution >= 4 is 39.4 Å². The van der Waals surface area contributed by atoms with E-state index in [1.54, 1.807) is 0 Å². The van der Waals surface area contributed by atoms with Gasteiger partial charge in [0.25, 0.3) is 0 Å². The van der Waals surface area contributed by atoms with Gasteiger partial charge in [-0.25, -0.2) is 0 Å². The fourth-order valence-corrected chi connectivity index (χ4v) is 10.0. The number of amides is 1. The Balaban J connectivity index is 1.01. The van der Waals surface area contributed by atoms with Crippen molar-refractivity contribution < 1.29 is 4.79 Å². The molecule has 1 aliphatic carbocycles. The number of hydrogen-bond donors (Lipinski definition) is 0. The molecule has 2 atom stereocenters. The minimum atomic E-state index is -0.110. The highest BCUT2D eigenvalue weighted by Gasteiger charge is 2.51. The second-order valence-corrected chi connectivity index (χ2v) is 14.3. The number of thioether (sulfide) groups is 1. The first-order valence-electron chi connectivity index (χ1n) is 14.3. The molecule has 5 nitrogen and oxygen atoms in total. The van der Waals surface area contributed by atoms with Crippen molar-refractivity contribution in [3.8, 4) is 0 Å². The van der Waals surface area contributed by atoms with E-state index in [4.69, 9.17) is 0 Å². The minimum absolute atomic E-state index is 0.0736. The number of hydrogen-bond acceptors (Lipinski definition) is 5. The molecule has 3 fully saturated rings. The van der Waals surface area contributed by atoms with Gasteiger partial charge in [0.1, 0.15) is 5.82 Å². The molecule has 2 unspecified atom stereocenters. The summed E-state index contributed by atoms with van der Waals surface area (Å²) in [6.45, 7) is 8.57. The van der Waals surface area contributed by atoms with Gasteiger partial charge in [0.15, 0.2) is 0 Å². The quantitative estimate of drug-likeness (QED) is 0.297. The summed E-state index contributed by atoms with van der Waals surface area (Å²) in [5, 5.41) is 2.71. The maximum absolute atomic E-state index is 13.1. The number of para-hydroxylation sites is 1. The SMILES string of the molecule is CC1SC2(CCCC2)C(=O)N1CCCCN1CCN(C2=CC=S(c3ccccc3)N2c2ccccc2)CC1. The van der Waals surface area contributed by atoms with Crippen LogP contribution in [0.2, 0.25) is 0 Å². The van der Waals surface area contributed by atoms with E-state index in [9.17, 15) is 4.79 Å². The van der Waals surface area contributed by atoms with Gasteiger partial charge in [-0.05, 0) is 74.9 Å². The van der Waals surface area contributed by atoms with Gasteiger partial charge in [-0.3, -0.25) is 14.0 Å². The van der Waals surface area contributed by atoms with Crippen LogP contribution in [0.3, 0.4) is 0 Å². The van der Waals surface area contributed by atoms with Gasteiger partial charge >= 0.3 is 0 Å². The third-order valence-electron chi connectivity index (χ3n) is 8.44. The number of rotatable bonds is 8. The predicted molar refractivity (Wildman–Crippen MR) is 163 cm³/mol. The maximum atomic E-state index is 13.1. The monoisotopic (exact) mass is 548 g/mol. The van der Waals surface area contributed by atoms with Crippen molar-refractivity contribution in [3.63, 3.8) is 0 Å². The molecule has 1 saturated carbocycles. The molecule has 0 aromatic heterocycles. The van der Waals surface area contributed by atoms with Crippen LogP contribution < -0.4 is 4.31 Å². The summed E-state index contributed by atoms with van der Waals surface area (Å²) in [5.41, 5.74) is 1.25. The predicted octanol–water partition coefficient (Wildman–Crippen LogP) is 6.03. The summed E-state index contributed by atoms with van der Waals surface area (Å²) in [6, 6.07) is 21.7. The second kappa shape index (κ2) is 11.5. The number of carbonyl (C=O) groups is 1. The highest BCUT2D eigenvalue weighted by Crippen LogP contribution is 2.50. The van der Waals surface area contributed by atoms with Gasteiger partial charge in [-0.1, -0.05) is 59.9 Å². The molecule has 2 aromatic rings. The molecular weight excluding hydrogens is 509 g/mol. The normalized spacial score (nSPS) is 25.3. The minimum Gasteiger partial charge on any atom is -0.355 e. The Hall–Kier alpha value is -2.22. The molecule has 2 saturated heterocycles. The van der Waals surface area contributed by atoms with E-state index in [2.05, 4.69) is 98.0 Å². The third kappa shape index (κ3) is 5.17. The number of allylic oxidation sites excluding steroid dienone is 1. The molecule has 0 bridgehead atoms. The van der Waals surface area contributed by atoms with Gasteiger partial charge < -0.3 is 9.80 Å². The van der Waals surface area contributed by atoms with Gasteiger partial charge in [-0.2, -0.15) is 0 Å². The Kier molecular flexibility index (Phi) is 7.87. The highest BCUT2D eigenvalue weighted by atomic mass is 32.2. The molecule has 1 amide bonds. The number of carbonyl (C=O) groups excluding carboxylic acids is 1. The molecule has 1 spiro atoms. The maximum Gasteiger partial charge on any atom is 0.239 e. The third-order valence-corrected chi connectivity index (χ3v) is 12.0. The van der Waals surface area contributed by atoms with Crippen molar-refractivity contribution in [3.05, 3.63) is 72.6 Å². The molecule has 3 aliphatic heterocycles. The van der Waals surface area contributed by atoms with Crippen molar-refractivity contribution in [2.75, 3.05) is 43.6 Å². The van der Waals surface area contributed by atoms with E-state index in [0.29, 0.717) is 11.3 Å². The topological polar surface area (TPSA) is 30.0 Å². The molecule has 7 heteroatoms. The highest BCUT2D eigenvalue weighted by molar-refractivity contribution is 8.16. The van der Waals surface area contributed by atoms with Crippen LogP contribution in [-0.2, 0) is 4.79 Å². The van der Waals surface area contributed by atoms with Crippen LogP contribution >= 0.6 is 22.4 Å². The Morgan fingerprint density at radius 1 is 0.895 bits per heavy atom. The van der Waals surface area contributed by atoms with Crippen LogP contribution in [0.1, 0.15) is 45.4 Å². The van der Waals surface area contributed by atoms with Crippen LogP contribution in [0.25, 0.3) is 0 Å². The molecule has 4 aliphatic rings. The lowest BCUT2D eigenvalue weighted by Crippen LogP contribution is -2.48. The fraction of sp³-hybridized carbons (Fsp3) is 0.484. The van der Waals surface area contributed by atoms with E-state index in [-0.39, 0.29) is 15.4 Å². The smallest absolute Gasteiger partial charge is 0.239 e. The first kappa shape index (κ1) is 26.0. The molecular formula is C31H40N4OS2. The number of nitrogens with zero attached hydrogens (tertiary/aromatic N) is 4. The van der Waals surface area contributed by atoms with Gasteiger partial charge in [-0.15, -0.1) is 11.8 Å². The number of benzene rings is 2. The molecule has 3 heterocycles. The average molecular weight is 549 g/mol. The van der Waals surface area contributed by atoms with E-state index in [1.165, 1.54) is 29.2 Å². The Labute approximate surface area is 234 Å². The van der Waals surface area contributed by atoms with Crippen LogP contribution in [0.5, 0.6) is 0 Å². The summed E-state index contributed by atoms with van der Waals surface area (Å²) in [7, 11) is -0.110. The van der Waals surface area contributed by atoms with Crippen molar-refractivity contribution in [1.29, 1.82) is 0 Å². The van der Waals surface area contributed by atoms with Gasteiger partial charge in [0, 0.05) is 37.6 Å². The van der Waals surface area contributed by atoms with Crippen molar-refractivity contribution in [2.24, 2.45) is 0 Å². The van der Waals surface area contributed by atoms with E-state index in [1.807, 2.05) is 11.8 Å². The number of piperazine rings is 1. The van der Waals surface area contributed by atoms with Crippen LogP contribution in [-0.4, -0.2) is 75.4 Å². The van der Waals surface area contributed by atoms with Crippen molar-refractivity contribution in [1.82, 2.24) is 14.7 Å². The number of unbranched alkanes of at least 4 members (excludes halogenated alkanes) is 1. The Morgan fingerprint density at radius 3 is 2.26 bits per heavy atom. The molecule has 6 rings (SSSR count). The lowest BCUT2D eigenvalue weighted by molar-refractivity contribution is -0.132. The Bertz CT molecular complexity index is 1170. The first-order chi connectivity index (χ1) is 18.6. The second-order valence-electron chi connectivity index (χ2n) is 10.9. The lowest BCUT2D eigenvalue weighted by atomic mass is 10.1. The zero-order valence-corrected chi connectivity index (χ0v) is 24.1. The van der Waals surface area contributed by atoms with Gasteiger partial charge in [0.05, 0.1) is 15.8 Å². The largest absolute Gasteiger partial charge is 0.355 e. The van der Waals surface area contributed by atoms with E-state index >= 15 is 0 Å². The van der Waals surface area contributed by atoms with E-state index < -0.39 is 0 Å². The molecule has 2 aromatic carbocycles. The van der Waals surface area contributed by atoms with E-state index in [0.717, 1.165) is 65.0 Å². The zero-order valence-electron chi connectivity index (χ0n) is 22.5. The van der Waals surface area contributed by atoms with Crippen LogP contribution in [0.15, 0.2) is 77.5 Å². The van der Waals surface area contributed by atoms with Crippen molar-refractivity contribution in [2.45, 2.75) is 60.5 Å². The molecule has 202 valence electrons. The summed E-state index contributed by atoms with van der Waals surface area (Å²) in [6.07, 6.45) is 9.22. The number of anilines is 1.